The monoisotopic (exact) mass is 237 g/mol. The largest absolute Gasteiger partial charge is 0.481 e. The molecule has 3 nitrogen and oxygen atoms in total. The first-order valence-corrected chi connectivity index (χ1v) is 3.93. The summed E-state index contributed by atoms with van der Waals surface area (Å²) in [5.41, 5.74) is 4.96. The zero-order valence-electron chi connectivity index (χ0n) is 7.61. The molecule has 1 unspecified atom stereocenters. The summed E-state index contributed by atoms with van der Waals surface area (Å²) in [5, 5.41) is 8.40. The number of carboxylic acid groups (broad SMARTS) is 1. The molecular formula is C9H10ClF2NO2. The second-order valence-corrected chi connectivity index (χ2v) is 2.84. The van der Waals surface area contributed by atoms with Crippen LogP contribution in [0.1, 0.15) is 18.0 Å². The number of benzene rings is 1. The van der Waals surface area contributed by atoms with E-state index < -0.39 is 30.1 Å². The first-order chi connectivity index (χ1) is 6.52. The number of carboxylic acids is 1. The molecule has 0 aliphatic carbocycles. The van der Waals surface area contributed by atoms with Crippen LogP contribution in [0.3, 0.4) is 0 Å². The quantitative estimate of drug-likeness (QED) is 0.844. The maximum absolute atomic E-state index is 13.0. The standard InChI is InChI=1S/C9H9F2NO2.ClH/c10-5-2-1-3-6(11)9(5)7(12)4-8(13)14;/h1-3,7H,4,12H2,(H,13,14);1H. The summed E-state index contributed by atoms with van der Waals surface area (Å²) in [4.78, 5) is 10.3. The van der Waals surface area contributed by atoms with Gasteiger partial charge in [-0.2, -0.15) is 0 Å². The molecule has 0 aromatic heterocycles. The van der Waals surface area contributed by atoms with E-state index in [2.05, 4.69) is 0 Å². The summed E-state index contributed by atoms with van der Waals surface area (Å²) in [5.74, 6) is -2.84. The maximum Gasteiger partial charge on any atom is 0.305 e. The van der Waals surface area contributed by atoms with Crippen LogP contribution >= 0.6 is 12.4 Å². The SMILES string of the molecule is Cl.NC(CC(=O)O)c1c(F)cccc1F. The van der Waals surface area contributed by atoms with Crippen LogP contribution in [-0.2, 0) is 4.79 Å². The van der Waals surface area contributed by atoms with Crippen molar-refractivity contribution in [2.45, 2.75) is 12.5 Å². The van der Waals surface area contributed by atoms with Crippen LogP contribution in [0.2, 0.25) is 0 Å². The average Bonchev–Trinajstić information content (AvgIpc) is 2.01. The maximum atomic E-state index is 13.0. The van der Waals surface area contributed by atoms with Gasteiger partial charge in [0, 0.05) is 11.6 Å². The van der Waals surface area contributed by atoms with Gasteiger partial charge in [-0.05, 0) is 12.1 Å². The van der Waals surface area contributed by atoms with Crippen molar-refractivity contribution in [1.82, 2.24) is 0 Å². The Kier molecular flexibility index (Phi) is 5.18. The van der Waals surface area contributed by atoms with Gasteiger partial charge in [-0.25, -0.2) is 8.78 Å². The van der Waals surface area contributed by atoms with Gasteiger partial charge in [-0.3, -0.25) is 4.79 Å². The van der Waals surface area contributed by atoms with E-state index in [-0.39, 0.29) is 18.0 Å². The fourth-order valence-corrected chi connectivity index (χ4v) is 1.16. The van der Waals surface area contributed by atoms with Crippen LogP contribution < -0.4 is 5.73 Å². The van der Waals surface area contributed by atoms with Crippen LogP contribution in [0, 0.1) is 11.6 Å². The Morgan fingerprint density at radius 2 is 1.87 bits per heavy atom. The summed E-state index contributed by atoms with van der Waals surface area (Å²) in [6.07, 6.45) is -0.502. The molecule has 0 aliphatic rings. The highest BCUT2D eigenvalue weighted by Crippen LogP contribution is 2.20. The van der Waals surface area contributed by atoms with Gasteiger partial charge in [0.1, 0.15) is 11.6 Å². The van der Waals surface area contributed by atoms with Gasteiger partial charge in [0.2, 0.25) is 0 Å². The van der Waals surface area contributed by atoms with E-state index >= 15 is 0 Å². The van der Waals surface area contributed by atoms with Gasteiger partial charge in [0.25, 0.3) is 0 Å². The molecule has 0 radical (unpaired) electrons. The summed E-state index contributed by atoms with van der Waals surface area (Å²) >= 11 is 0. The van der Waals surface area contributed by atoms with Gasteiger partial charge in [0.05, 0.1) is 6.42 Å². The van der Waals surface area contributed by atoms with E-state index in [1.807, 2.05) is 0 Å². The highest BCUT2D eigenvalue weighted by Gasteiger charge is 2.18. The minimum atomic E-state index is -1.19. The Morgan fingerprint density at radius 3 is 2.27 bits per heavy atom. The Labute approximate surface area is 91.3 Å². The lowest BCUT2D eigenvalue weighted by molar-refractivity contribution is -0.137. The molecule has 1 rings (SSSR count). The molecule has 0 saturated carbocycles. The van der Waals surface area contributed by atoms with Crippen molar-refractivity contribution in [3.05, 3.63) is 35.4 Å². The molecule has 0 aliphatic heterocycles. The third kappa shape index (κ3) is 3.45. The zero-order chi connectivity index (χ0) is 10.7. The van der Waals surface area contributed by atoms with Gasteiger partial charge in [0.15, 0.2) is 0 Å². The smallest absolute Gasteiger partial charge is 0.305 e. The van der Waals surface area contributed by atoms with Crippen molar-refractivity contribution < 1.29 is 18.7 Å². The fourth-order valence-electron chi connectivity index (χ4n) is 1.16. The van der Waals surface area contributed by atoms with Crippen LogP contribution in [0.4, 0.5) is 8.78 Å². The summed E-state index contributed by atoms with van der Waals surface area (Å²) < 4.78 is 26.1. The molecule has 0 bridgehead atoms. The minimum Gasteiger partial charge on any atom is -0.481 e. The molecular weight excluding hydrogens is 228 g/mol. The number of hydrogen-bond acceptors (Lipinski definition) is 2. The van der Waals surface area contributed by atoms with Crippen molar-refractivity contribution >= 4 is 18.4 Å². The third-order valence-corrected chi connectivity index (χ3v) is 1.77. The number of aliphatic carboxylic acids is 1. The molecule has 0 heterocycles. The first-order valence-electron chi connectivity index (χ1n) is 3.93. The number of rotatable bonds is 3. The van der Waals surface area contributed by atoms with Crippen molar-refractivity contribution in [1.29, 1.82) is 0 Å². The zero-order valence-corrected chi connectivity index (χ0v) is 8.43. The average molecular weight is 238 g/mol. The van der Waals surface area contributed by atoms with Crippen molar-refractivity contribution in [2.24, 2.45) is 5.73 Å². The van der Waals surface area contributed by atoms with Crippen molar-refractivity contribution in [2.75, 3.05) is 0 Å². The molecule has 84 valence electrons. The highest BCUT2D eigenvalue weighted by atomic mass is 35.5. The highest BCUT2D eigenvalue weighted by molar-refractivity contribution is 5.85. The second-order valence-electron chi connectivity index (χ2n) is 2.84. The summed E-state index contributed by atoms with van der Waals surface area (Å²) in [6.45, 7) is 0. The van der Waals surface area contributed by atoms with E-state index in [9.17, 15) is 13.6 Å². The summed E-state index contributed by atoms with van der Waals surface area (Å²) in [6, 6.07) is 2.12. The molecule has 0 fully saturated rings. The molecule has 6 heteroatoms. The van der Waals surface area contributed by atoms with Crippen LogP contribution in [0.5, 0.6) is 0 Å². The predicted molar refractivity (Wildman–Crippen MR) is 52.8 cm³/mol. The number of carbonyl (C=O) groups is 1. The van der Waals surface area contributed by atoms with E-state index in [1.54, 1.807) is 0 Å². The number of halogens is 3. The predicted octanol–water partition coefficient (Wildman–Crippen LogP) is 1.86. The van der Waals surface area contributed by atoms with E-state index in [0.717, 1.165) is 12.1 Å². The Balaban J connectivity index is 0.00000196. The van der Waals surface area contributed by atoms with Crippen LogP contribution in [0.25, 0.3) is 0 Å². The Bertz CT molecular complexity index is 340. The topological polar surface area (TPSA) is 63.3 Å². The molecule has 15 heavy (non-hydrogen) atoms. The van der Waals surface area contributed by atoms with Crippen LogP contribution in [0.15, 0.2) is 18.2 Å². The van der Waals surface area contributed by atoms with Crippen molar-refractivity contribution in [3.8, 4) is 0 Å². The van der Waals surface area contributed by atoms with Crippen molar-refractivity contribution in [3.63, 3.8) is 0 Å². The van der Waals surface area contributed by atoms with E-state index in [0.29, 0.717) is 0 Å². The first kappa shape index (κ1) is 13.8. The molecule has 0 spiro atoms. The van der Waals surface area contributed by atoms with E-state index in [1.165, 1.54) is 6.07 Å². The number of hydrogen-bond donors (Lipinski definition) is 2. The normalized spacial score (nSPS) is 11.7. The van der Waals surface area contributed by atoms with E-state index in [4.69, 9.17) is 10.8 Å². The Hall–Kier alpha value is -1.20. The molecule has 1 aromatic rings. The number of nitrogens with two attached hydrogens (primary N) is 1. The lowest BCUT2D eigenvalue weighted by atomic mass is 10.0. The molecule has 0 saturated heterocycles. The van der Waals surface area contributed by atoms with Gasteiger partial charge in [-0.1, -0.05) is 6.07 Å². The Morgan fingerprint density at radius 1 is 1.40 bits per heavy atom. The molecule has 0 amide bonds. The molecule has 1 aromatic carbocycles. The summed E-state index contributed by atoms with van der Waals surface area (Å²) in [7, 11) is 0. The molecule has 1 atom stereocenters. The third-order valence-electron chi connectivity index (χ3n) is 1.77. The van der Waals surface area contributed by atoms with Gasteiger partial charge in [-0.15, -0.1) is 12.4 Å². The second kappa shape index (κ2) is 5.63. The van der Waals surface area contributed by atoms with Gasteiger partial charge >= 0.3 is 5.97 Å². The fraction of sp³-hybridized carbons (Fsp3) is 0.222. The molecule has 3 N–H and O–H groups in total. The van der Waals surface area contributed by atoms with Crippen LogP contribution in [-0.4, -0.2) is 11.1 Å². The van der Waals surface area contributed by atoms with Gasteiger partial charge < -0.3 is 10.8 Å². The lowest BCUT2D eigenvalue weighted by Crippen LogP contribution is -2.17. The minimum absolute atomic E-state index is 0. The lowest BCUT2D eigenvalue weighted by Gasteiger charge is -2.10.